The first kappa shape index (κ1) is 9.40. The van der Waals surface area contributed by atoms with Gasteiger partial charge in [0.2, 0.25) is 0 Å². The van der Waals surface area contributed by atoms with Crippen molar-refractivity contribution < 1.29 is 30.0 Å². The molecule has 4 N–H and O–H groups in total. The van der Waals surface area contributed by atoms with E-state index >= 15 is 0 Å². The molecule has 0 radical (unpaired) electrons. The topological polar surface area (TPSA) is 107 Å². The fraction of sp³-hybridized carbons (Fsp3) is 0.833. The average molecular weight is 178 g/mol. The van der Waals surface area contributed by atoms with E-state index in [0.717, 1.165) is 13.8 Å². The SMILES string of the molecule is CC1(C)C(=O)OC(O)(O)C1(O)O. The third kappa shape index (κ3) is 0.802. The van der Waals surface area contributed by atoms with Gasteiger partial charge < -0.3 is 25.2 Å². The number of ether oxygens (including phenoxy) is 1. The second-order valence-electron chi connectivity index (χ2n) is 3.29. The Hall–Kier alpha value is -0.690. The van der Waals surface area contributed by atoms with Crippen LogP contribution in [0.15, 0.2) is 0 Å². The lowest BCUT2D eigenvalue weighted by Crippen LogP contribution is -2.57. The molecule has 0 saturated carbocycles. The maximum absolute atomic E-state index is 10.9. The molecule has 1 heterocycles. The number of cyclic esters (lactones) is 1. The molecule has 0 unspecified atom stereocenters. The summed E-state index contributed by atoms with van der Waals surface area (Å²) < 4.78 is 3.95. The number of rotatable bonds is 0. The van der Waals surface area contributed by atoms with Crippen molar-refractivity contribution in [2.45, 2.75) is 25.6 Å². The molecular formula is C6H10O6. The Labute approximate surface area is 68.0 Å². The summed E-state index contributed by atoms with van der Waals surface area (Å²) in [5.41, 5.74) is -1.77. The van der Waals surface area contributed by atoms with Crippen molar-refractivity contribution in [3.63, 3.8) is 0 Å². The third-order valence-electron chi connectivity index (χ3n) is 2.07. The summed E-state index contributed by atoms with van der Waals surface area (Å²) >= 11 is 0. The van der Waals surface area contributed by atoms with Crippen LogP contribution in [-0.4, -0.2) is 38.2 Å². The van der Waals surface area contributed by atoms with Crippen molar-refractivity contribution in [1.82, 2.24) is 0 Å². The Morgan fingerprint density at radius 3 is 1.67 bits per heavy atom. The number of hydrogen-bond donors (Lipinski definition) is 4. The second-order valence-corrected chi connectivity index (χ2v) is 3.29. The molecule has 12 heavy (non-hydrogen) atoms. The zero-order valence-corrected chi connectivity index (χ0v) is 6.61. The van der Waals surface area contributed by atoms with Gasteiger partial charge in [0.05, 0.1) is 0 Å². The van der Waals surface area contributed by atoms with Gasteiger partial charge in [-0.2, -0.15) is 0 Å². The van der Waals surface area contributed by atoms with Gasteiger partial charge >= 0.3 is 11.9 Å². The first-order chi connectivity index (χ1) is 5.13. The predicted octanol–water partition coefficient (Wildman–Crippen LogP) is -2.11. The zero-order chi connectivity index (χ0) is 9.78. The minimum Gasteiger partial charge on any atom is -0.403 e. The first-order valence-electron chi connectivity index (χ1n) is 3.26. The molecule has 1 rings (SSSR count). The average Bonchev–Trinajstić information content (AvgIpc) is 1.92. The smallest absolute Gasteiger partial charge is 0.382 e. The summed E-state index contributed by atoms with van der Waals surface area (Å²) in [6.07, 6.45) is 0. The highest BCUT2D eigenvalue weighted by Gasteiger charge is 2.71. The van der Waals surface area contributed by atoms with Gasteiger partial charge in [-0.05, 0) is 13.8 Å². The molecule has 0 spiro atoms. The summed E-state index contributed by atoms with van der Waals surface area (Å²) in [7, 11) is 0. The minimum absolute atomic E-state index is 1.09. The molecule has 0 aromatic rings. The molecule has 1 fully saturated rings. The van der Waals surface area contributed by atoms with Crippen molar-refractivity contribution in [3.05, 3.63) is 0 Å². The summed E-state index contributed by atoms with van der Waals surface area (Å²) in [5, 5.41) is 35.9. The Balaban J connectivity index is 3.19. The van der Waals surface area contributed by atoms with Gasteiger partial charge in [0.1, 0.15) is 5.41 Å². The number of hydrogen-bond acceptors (Lipinski definition) is 6. The first-order valence-corrected chi connectivity index (χ1v) is 3.26. The minimum atomic E-state index is -3.24. The molecule has 70 valence electrons. The van der Waals surface area contributed by atoms with Gasteiger partial charge in [0.25, 0.3) is 5.79 Å². The molecule has 1 aliphatic rings. The van der Waals surface area contributed by atoms with Crippen LogP contribution in [0.3, 0.4) is 0 Å². The highest BCUT2D eigenvalue weighted by molar-refractivity contribution is 5.80. The van der Waals surface area contributed by atoms with Gasteiger partial charge in [-0.15, -0.1) is 0 Å². The lowest BCUT2D eigenvalue weighted by Gasteiger charge is -2.30. The lowest BCUT2D eigenvalue weighted by molar-refractivity contribution is -0.433. The maximum atomic E-state index is 10.9. The van der Waals surface area contributed by atoms with Gasteiger partial charge in [0.15, 0.2) is 0 Å². The number of esters is 1. The van der Waals surface area contributed by atoms with Crippen molar-refractivity contribution in [1.29, 1.82) is 0 Å². The number of carbonyl (C=O) groups excluding carboxylic acids is 1. The van der Waals surface area contributed by atoms with Crippen LogP contribution in [-0.2, 0) is 9.53 Å². The molecule has 1 saturated heterocycles. The third-order valence-corrected chi connectivity index (χ3v) is 2.07. The van der Waals surface area contributed by atoms with E-state index in [4.69, 9.17) is 20.4 Å². The summed E-state index contributed by atoms with van der Waals surface area (Å²) in [6.45, 7) is 2.26. The molecular weight excluding hydrogens is 168 g/mol. The van der Waals surface area contributed by atoms with Gasteiger partial charge in [-0.1, -0.05) is 0 Å². The summed E-state index contributed by atoms with van der Waals surface area (Å²) in [5.74, 6) is -7.33. The van der Waals surface area contributed by atoms with Gasteiger partial charge in [-0.25, -0.2) is 0 Å². The summed E-state index contributed by atoms with van der Waals surface area (Å²) in [4.78, 5) is 10.9. The van der Waals surface area contributed by atoms with Gasteiger partial charge in [0, 0.05) is 0 Å². The molecule has 0 amide bonds. The standard InChI is InChI=1S/C6H10O6/c1-4(2)3(7)12-6(10,11)5(4,8)9/h8-11H,1-2H3. The molecule has 0 aliphatic carbocycles. The van der Waals surface area contributed by atoms with Gasteiger partial charge in [-0.3, -0.25) is 4.79 Å². The van der Waals surface area contributed by atoms with E-state index in [-0.39, 0.29) is 0 Å². The molecule has 0 atom stereocenters. The Morgan fingerprint density at radius 1 is 1.17 bits per heavy atom. The molecule has 6 heteroatoms. The van der Waals surface area contributed by atoms with Crippen molar-refractivity contribution in [2.24, 2.45) is 5.41 Å². The van der Waals surface area contributed by atoms with Crippen LogP contribution < -0.4 is 0 Å². The van der Waals surface area contributed by atoms with Crippen molar-refractivity contribution in [2.75, 3.05) is 0 Å². The molecule has 0 bridgehead atoms. The van der Waals surface area contributed by atoms with E-state index < -0.39 is 23.1 Å². The van der Waals surface area contributed by atoms with Crippen LogP contribution in [0.2, 0.25) is 0 Å². The number of aliphatic hydroxyl groups is 4. The Morgan fingerprint density at radius 2 is 1.58 bits per heavy atom. The maximum Gasteiger partial charge on any atom is 0.382 e. The van der Waals surface area contributed by atoms with Crippen LogP contribution >= 0.6 is 0 Å². The monoisotopic (exact) mass is 178 g/mol. The van der Waals surface area contributed by atoms with E-state index in [9.17, 15) is 4.79 Å². The van der Waals surface area contributed by atoms with E-state index in [2.05, 4.69) is 4.74 Å². The molecule has 1 aliphatic heterocycles. The van der Waals surface area contributed by atoms with E-state index in [1.54, 1.807) is 0 Å². The summed E-state index contributed by atoms with van der Waals surface area (Å²) in [6, 6.07) is 0. The quantitative estimate of drug-likeness (QED) is 0.250. The predicted molar refractivity (Wildman–Crippen MR) is 34.2 cm³/mol. The van der Waals surface area contributed by atoms with Crippen LogP contribution in [0, 0.1) is 5.41 Å². The lowest BCUT2D eigenvalue weighted by atomic mass is 9.84. The zero-order valence-electron chi connectivity index (χ0n) is 6.61. The highest BCUT2D eigenvalue weighted by Crippen LogP contribution is 2.44. The fourth-order valence-electron chi connectivity index (χ4n) is 0.877. The largest absolute Gasteiger partial charge is 0.403 e. The number of carbonyl (C=O) groups is 1. The van der Waals surface area contributed by atoms with Crippen molar-refractivity contribution >= 4 is 5.97 Å². The highest BCUT2D eigenvalue weighted by atomic mass is 16.8. The Kier molecular flexibility index (Phi) is 1.54. The fourth-order valence-corrected chi connectivity index (χ4v) is 0.877. The van der Waals surface area contributed by atoms with E-state index in [1.807, 2.05) is 0 Å². The second kappa shape index (κ2) is 1.97. The molecule has 6 nitrogen and oxygen atoms in total. The molecule has 0 aromatic carbocycles. The Bertz CT molecular complexity index is 228. The van der Waals surface area contributed by atoms with E-state index in [1.165, 1.54) is 0 Å². The molecule has 0 aromatic heterocycles. The van der Waals surface area contributed by atoms with E-state index in [0.29, 0.717) is 0 Å². The van der Waals surface area contributed by atoms with Crippen molar-refractivity contribution in [3.8, 4) is 0 Å². The van der Waals surface area contributed by atoms with Crippen LogP contribution in [0.25, 0.3) is 0 Å². The van der Waals surface area contributed by atoms with Crippen LogP contribution in [0.4, 0.5) is 0 Å². The normalized spacial score (nSPS) is 30.0. The van der Waals surface area contributed by atoms with Crippen LogP contribution in [0.5, 0.6) is 0 Å². The van der Waals surface area contributed by atoms with Crippen LogP contribution in [0.1, 0.15) is 13.8 Å².